The van der Waals surface area contributed by atoms with E-state index >= 15 is 0 Å². The molecule has 1 saturated heterocycles. The highest BCUT2D eigenvalue weighted by Crippen LogP contribution is 2.33. The Morgan fingerprint density at radius 1 is 1.03 bits per heavy atom. The van der Waals surface area contributed by atoms with Gasteiger partial charge in [-0.2, -0.15) is 0 Å². The molecule has 10 heteroatoms. The van der Waals surface area contributed by atoms with Crippen molar-refractivity contribution >= 4 is 46.4 Å². The van der Waals surface area contributed by atoms with Crippen molar-refractivity contribution in [3.8, 4) is 5.75 Å². The molecule has 198 valence electrons. The predicted molar refractivity (Wildman–Crippen MR) is 144 cm³/mol. The Labute approximate surface area is 224 Å². The van der Waals surface area contributed by atoms with Crippen LogP contribution in [0.3, 0.4) is 0 Å². The molecule has 2 amide bonds. The molecule has 1 aliphatic rings. The Balaban J connectivity index is 1.45. The molecule has 0 unspecified atom stereocenters. The van der Waals surface area contributed by atoms with Crippen LogP contribution in [0.4, 0.5) is 26.2 Å². The van der Waals surface area contributed by atoms with Crippen molar-refractivity contribution in [1.82, 2.24) is 0 Å². The van der Waals surface area contributed by atoms with E-state index in [1.807, 2.05) is 6.07 Å². The Hall–Kier alpha value is -4.11. The molecule has 8 nitrogen and oxygen atoms in total. The molecule has 3 aromatic rings. The minimum absolute atomic E-state index is 0.0292. The largest absolute Gasteiger partial charge is 0.496 e. The summed E-state index contributed by atoms with van der Waals surface area (Å²) in [6.07, 6.45) is -1.11. The Morgan fingerprint density at radius 3 is 2.47 bits per heavy atom. The molecule has 1 aliphatic heterocycles. The fourth-order valence-electron chi connectivity index (χ4n) is 4.41. The number of nitrogens with one attached hydrogen (secondary N) is 2. The standard InChI is InChI=1S/C28H27ClFN3O5/c1-37-26-15-20(9-10-21(26)27(35)38-2)33-16-18(30)14-24(33)25(34)13-17-8-11-23(22(29)12-17)32-28(36)31-19-6-4-3-5-7-19/h3-12,15,18,24H,13-14,16H2,1-2H3,(H2,31,32,36)/t18-,24-/m0/s1. The van der Waals surface area contributed by atoms with Gasteiger partial charge in [-0.1, -0.05) is 35.9 Å². The number of carbonyl (C=O) groups excluding carboxylic acids is 3. The minimum atomic E-state index is -1.19. The highest BCUT2D eigenvalue weighted by molar-refractivity contribution is 6.33. The van der Waals surface area contributed by atoms with Crippen LogP contribution in [0.1, 0.15) is 22.3 Å². The second kappa shape index (κ2) is 12.0. The molecule has 38 heavy (non-hydrogen) atoms. The van der Waals surface area contributed by atoms with Gasteiger partial charge in [-0.15, -0.1) is 0 Å². The summed E-state index contributed by atoms with van der Waals surface area (Å²) >= 11 is 6.38. The summed E-state index contributed by atoms with van der Waals surface area (Å²) in [5.41, 5.74) is 2.46. The van der Waals surface area contributed by atoms with Crippen LogP contribution in [-0.4, -0.2) is 50.8 Å². The van der Waals surface area contributed by atoms with Crippen LogP contribution in [0.15, 0.2) is 66.7 Å². The van der Waals surface area contributed by atoms with Gasteiger partial charge >= 0.3 is 12.0 Å². The number of ketones is 1. The van der Waals surface area contributed by atoms with Crippen LogP contribution in [0.5, 0.6) is 5.75 Å². The zero-order valence-corrected chi connectivity index (χ0v) is 21.6. The number of alkyl halides is 1. The molecule has 0 spiro atoms. The van der Waals surface area contributed by atoms with Crippen LogP contribution < -0.4 is 20.3 Å². The van der Waals surface area contributed by atoms with Gasteiger partial charge in [0.2, 0.25) is 0 Å². The number of nitrogens with zero attached hydrogens (tertiary/aromatic N) is 1. The van der Waals surface area contributed by atoms with Gasteiger partial charge in [-0.25, -0.2) is 14.0 Å². The van der Waals surface area contributed by atoms with Crippen molar-refractivity contribution in [2.75, 3.05) is 36.3 Å². The van der Waals surface area contributed by atoms with Gasteiger partial charge in [-0.3, -0.25) is 4.79 Å². The molecular weight excluding hydrogens is 513 g/mol. The SMILES string of the molecule is COC(=O)c1ccc(N2C[C@@H](F)C[C@H]2C(=O)Cc2ccc(NC(=O)Nc3ccccc3)c(Cl)c2)cc1OC. The maximum Gasteiger partial charge on any atom is 0.341 e. The summed E-state index contributed by atoms with van der Waals surface area (Å²) < 4.78 is 24.6. The topological polar surface area (TPSA) is 97.0 Å². The number of esters is 1. The van der Waals surface area contributed by atoms with E-state index in [2.05, 4.69) is 10.6 Å². The molecule has 0 aliphatic carbocycles. The molecule has 2 atom stereocenters. The van der Waals surface area contributed by atoms with Crippen LogP contribution >= 0.6 is 11.6 Å². The van der Waals surface area contributed by atoms with Gasteiger partial charge in [0.1, 0.15) is 17.5 Å². The predicted octanol–water partition coefficient (Wildman–Crippen LogP) is 5.51. The van der Waals surface area contributed by atoms with Gasteiger partial charge in [0.25, 0.3) is 0 Å². The Kier molecular flexibility index (Phi) is 8.48. The van der Waals surface area contributed by atoms with Crippen molar-refractivity contribution in [3.63, 3.8) is 0 Å². The fourth-order valence-corrected chi connectivity index (χ4v) is 4.66. The van der Waals surface area contributed by atoms with Gasteiger partial charge in [0.15, 0.2) is 5.78 Å². The molecule has 4 rings (SSSR count). The summed E-state index contributed by atoms with van der Waals surface area (Å²) in [7, 11) is 2.69. The second-order valence-electron chi connectivity index (χ2n) is 8.78. The third-order valence-electron chi connectivity index (χ3n) is 6.24. The highest BCUT2D eigenvalue weighted by atomic mass is 35.5. The zero-order chi connectivity index (χ0) is 27.2. The van der Waals surface area contributed by atoms with Gasteiger partial charge in [-0.05, 0) is 42.0 Å². The fraction of sp³-hybridized carbons (Fsp3) is 0.250. The molecule has 1 fully saturated rings. The first-order valence-electron chi connectivity index (χ1n) is 11.9. The van der Waals surface area contributed by atoms with Crippen LogP contribution in [-0.2, 0) is 16.0 Å². The van der Waals surface area contributed by atoms with E-state index in [-0.39, 0.29) is 41.5 Å². The molecule has 0 saturated carbocycles. The maximum atomic E-state index is 14.5. The van der Waals surface area contributed by atoms with E-state index in [0.717, 1.165) is 0 Å². The minimum Gasteiger partial charge on any atom is -0.496 e. The summed E-state index contributed by atoms with van der Waals surface area (Å²) in [5.74, 6) is -0.466. The van der Waals surface area contributed by atoms with E-state index in [4.69, 9.17) is 21.1 Å². The van der Waals surface area contributed by atoms with Crippen molar-refractivity contribution in [3.05, 3.63) is 82.9 Å². The molecule has 0 bridgehead atoms. The lowest BCUT2D eigenvalue weighted by Gasteiger charge is -2.26. The van der Waals surface area contributed by atoms with E-state index < -0.39 is 24.2 Å². The highest BCUT2D eigenvalue weighted by Gasteiger charge is 2.37. The molecule has 0 aromatic heterocycles. The summed E-state index contributed by atoms with van der Waals surface area (Å²) in [6.45, 7) is 0.0390. The first kappa shape index (κ1) is 26.9. The number of hydrogen-bond acceptors (Lipinski definition) is 6. The van der Waals surface area contributed by atoms with Crippen LogP contribution in [0, 0.1) is 0 Å². The molecular formula is C28H27ClFN3O5. The van der Waals surface area contributed by atoms with Crippen molar-refractivity contribution < 1.29 is 28.2 Å². The zero-order valence-electron chi connectivity index (χ0n) is 20.9. The van der Waals surface area contributed by atoms with Crippen LogP contribution in [0.2, 0.25) is 5.02 Å². The molecule has 2 N–H and O–H groups in total. The van der Waals surface area contributed by atoms with Gasteiger partial charge in [0, 0.05) is 30.3 Å². The van der Waals surface area contributed by atoms with E-state index in [1.165, 1.54) is 20.3 Å². The Bertz CT molecular complexity index is 1340. The number of hydrogen-bond donors (Lipinski definition) is 2. The van der Waals surface area contributed by atoms with Crippen LogP contribution in [0.25, 0.3) is 0 Å². The number of anilines is 3. The summed E-state index contributed by atoms with van der Waals surface area (Å²) in [4.78, 5) is 39.2. The lowest BCUT2D eigenvalue weighted by atomic mass is 10.0. The number of urea groups is 1. The van der Waals surface area contributed by atoms with Gasteiger partial charge < -0.3 is 25.0 Å². The number of benzene rings is 3. The maximum absolute atomic E-state index is 14.5. The quantitative estimate of drug-likeness (QED) is 0.366. The lowest BCUT2D eigenvalue weighted by molar-refractivity contribution is -0.119. The number of methoxy groups -OCH3 is 2. The summed E-state index contributed by atoms with van der Waals surface area (Å²) in [5, 5.41) is 5.67. The third kappa shape index (κ3) is 6.23. The normalized spacial score (nSPS) is 16.6. The number of ether oxygens (including phenoxy) is 2. The van der Waals surface area contributed by atoms with E-state index in [1.54, 1.807) is 59.5 Å². The van der Waals surface area contributed by atoms with Crippen molar-refractivity contribution in [2.45, 2.75) is 25.1 Å². The first-order chi connectivity index (χ1) is 18.3. The van der Waals surface area contributed by atoms with E-state index in [9.17, 15) is 18.8 Å². The van der Waals surface area contributed by atoms with E-state index in [0.29, 0.717) is 22.6 Å². The Morgan fingerprint density at radius 2 is 1.79 bits per heavy atom. The molecule has 1 heterocycles. The summed E-state index contributed by atoms with van der Waals surface area (Å²) in [6, 6.07) is 17.5. The number of amides is 2. The smallest absolute Gasteiger partial charge is 0.341 e. The molecule has 3 aromatic carbocycles. The average Bonchev–Trinajstić information content (AvgIpc) is 3.31. The van der Waals surface area contributed by atoms with Crippen molar-refractivity contribution in [1.29, 1.82) is 0 Å². The van der Waals surface area contributed by atoms with Crippen molar-refractivity contribution in [2.24, 2.45) is 0 Å². The monoisotopic (exact) mass is 539 g/mol. The van der Waals surface area contributed by atoms with Gasteiger partial charge in [0.05, 0.1) is 37.5 Å². The average molecular weight is 540 g/mol. The second-order valence-corrected chi connectivity index (χ2v) is 9.19. The molecule has 0 radical (unpaired) electrons. The number of para-hydroxylation sites is 1. The number of halogens is 2. The number of rotatable bonds is 8. The first-order valence-corrected chi connectivity index (χ1v) is 12.3. The lowest BCUT2D eigenvalue weighted by Crippen LogP contribution is -2.37. The number of Topliss-reactive ketones (excluding diaryl/α,β-unsaturated/α-hetero) is 1. The number of carbonyl (C=O) groups is 3. The third-order valence-corrected chi connectivity index (χ3v) is 6.55.